The lowest BCUT2D eigenvalue weighted by Gasteiger charge is -2.31. The van der Waals surface area contributed by atoms with Crippen LogP contribution in [0.3, 0.4) is 0 Å². The number of carbonyl (C=O) groups is 2. The Balaban J connectivity index is 1.69. The van der Waals surface area contributed by atoms with Crippen molar-refractivity contribution < 1.29 is 14.3 Å². The van der Waals surface area contributed by atoms with Gasteiger partial charge in [-0.25, -0.2) is 0 Å². The Morgan fingerprint density at radius 3 is 2.31 bits per heavy atom. The van der Waals surface area contributed by atoms with Crippen LogP contribution in [0.2, 0.25) is 0 Å². The van der Waals surface area contributed by atoms with E-state index >= 15 is 0 Å². The smallest absolute Gasteiger partial charge is 0.316 e. The van der Waals surface area contributed by atoms with Crippen molar-refractivity contribution in [3.05, 3.63) is 64.7 Å². The van der Waals surface area contributed by atoms with Gasteiger partial charge in [-0.15, -0.1) is 0 Å². The topological polar surface area (TPSA) is 46.6 Å². The molecule has 1 unspecified atom stereocenters. The van der Waals surface area contributed by atoms with Gasteiger partial charge in [0, 0.05) is 18.7 Å². The third kappa shape index (κ3) is 3.96. The van der Waals surface area contributed by atoms with E-state index in [0.29, 0.717) is 24.4 Å². The number of amides is 1. The predicted molar refractivity (Wildman–Crippen MR) is 101 cm³/mol. The molecule has 3 rings (SSSR count). The summed E-state index contributed by atoms with van der Waals surface area (Å²) in [6.45, 7) is 6.96. The summed E-state index contributed by atoms with van der Waals surface area (Å²) in [6.07, 6.45) is 1.56. The van der Waals surface area contributed by atoms with E-state index in [0.717, 1.165) is 29.5 Å². The standard InChI is InChI=1S/C22H25NO3/c1-15-9-11-18(12-10-15)21(24)23-13-5-8-19(14-23)22(25)26-20-16(2)6-4-7-17(20)3/h4,6-7,9-12,19H,5,8,13-14H2,1-3H3. The highest BCUT2D eigenvalue weighted by atomic mass is 16.5. The molecule has 1 atom stereocenters. The van der Waals surface area contributed by atoms with E-state index in [-0.39, 0.29) is 17.8 Å². The number of hydrogen-bond donors (Lipinski definition) is 0. The number of nitrogens with zero attached hydrogens (tertiary/aromatic N) is 1. The molecule has 0 N–H and O–H groups in total. The summed E-state index contributed by atoms with van der Waals surface area (Å²) in [4.78, 5) is 27.1. The molecule has 0 radical (unpaired) electrons. The van der Waals surface area contributed by atoms with Gasteiger partial charge in [0.15, 0.2) is 0 Å². The molecule has 4 nitrogen and oxygen atoms in total. The van der Waals surface area contributed by atoms with Gasteiger partial charge >= 0.3 is 5.97 Å². The molecule has 0 bridgehead atoms. The molecule has 1 amide bonds. The number of piperidine rings is 1. The second-order valence-electron chi connectivity index (χ2n) is 7.10. The van der Waals surface area contributed by atoms with E-state index in [1.54, 1.807) is 4.90 Å². The van der Waals surface area contributed by atoms with Crippen LogP contribution in [0.5, 0.6) is 5.75 Å². The number of carbonyl (C=O) groups excluding carboxylic acids is 2. The molecule has 0 saturated carbocycles. The average molecular weight is 351 g/mol. The van der Waals surface area contributed by atoms with Gasteiger partial charge in [0.2, 0.25) is 0 Å². The molecule has 2 aromatic rings. The number of ether oxygens (including phenoxy) is 1. The summed E-state index contributed by atoms with van der Waals surface area (Å²) in [5, 5.41) is 0. The molecular formula is C22H25NO3. The summed E-state index contributed by atoms with van der Waals surface area (Å²) in [7, 11) is 0. The number of benzene rings is 2. The van der Waals surface area contributed by atoms with Gasteiger partial charge in [-0.05, 0) is 56.9 Å². The number of hydrogen-bond acceptors (Lipinski definition) is 3. The maximum Gasteiger partial charge on any atom is 0.316 e. The quantitative estimate of drug-likeness (QED) is 0.619. The fraction of sp³-hybridized carbons (Fsp3) is 0.364. The molecule has 0 aliphatic carbocycles. The largest absolute Gasteiger partial charge is 0.426 e. The highest BCUT2D eigenvalue weighted by molar-refractivity contribution is 5.94. The van der Waals surface area contributed by atoms with Gasteiger partial charge in [0.1, 0.15) is 5.75 Å². The van der Waals surface area contributed by atoms with Crippen LogP contribution in [0, 0.1) is 26.7 Å². The molecule has 0 aromatic heterocycles. The molecule has 1 saturated heterocycles. The summed E-state index contributed by atoms with van der Waals surface area (Å²) in [5.74, 6) is 0.0926. The van der Waals surface area contributed by atoms with Crippen molar-refractivity contribution in [3.63, 3.8) is 0 Å². The number of esters is 1. The van der Waals surface area contributed by atoms with Gasteiger partial charge in [-0.2, -0.15) is 0 Å². The van der Waals surface area contributed by atoms with Crippen LogP contribution >= 0.6 is 0 Å². The van der Waals surface area contributed by atoms with Gasteiger partial charge in [0.05, 0.1) is 5.92 Å². The summed E-state index contributed by atoms with van der Waals surface area (Å²) >= 11 is 0. The minimum Gasteiger partial charge on any atom is -0.426 e. The van der Waals surface area contributed by atoms with E-state index in [1.165, 1.54) is 0 Å². The lowest BCUT2D eigenvalue weighted by molar-refractivity contribution is -0.140. The Morgan fingerprint density at radius 1 is 1.00 bits per heavy atom. The lowest BCUT2D eigenvalue weighted by Crippen LogP contribution is -2.43. The van der Waals surface area contributed by atoms with E-state index < -0.39 is 0 Å². The Kier molecular flexibility index (Phi) is 5.40. The molecular weight excluding hydrogens is 326 g/mol. The third-order valence-electron chi connectivity index (χ3n) is 4.95. The predicted octanol–water partition coefficient (Wildman–Crippen LogP) is 4.07. The first kappa shape index (κ1) is 18.2. The zero-order valence-electron chi connectivity index (χ0n) is 15.6. The Morgan fingerprint density at radius 2 is 1.65 bits per heavy atom. The normalized spacial score (nSPS) is 17.0. The summed E-state index contributed by atoms with van der Waals surface area (Å²) in [5.41, 5.74) is 3.68. The molecule has 1 heterocycles. The van der Waals surface area contributed by atoms with Crippen LogP contribution in [-0.2, 0) is 4.79 Å². The van der Waals surface area contributed by atoms with Gasteiger partial charge in [0.25, 0.3) is 5.91 Å². The number of aryl methyl sites for hydroxylation is 3. The molecule has 136 valence electrons. The molecule has 1 aliphatic rings. The number of likely N-dealkylation sites (tertiary alicyclic amines) is 1. The van der Waals surface area contributed by atoms with Crippen molar-refractivity contribution in [1.82, 2.24) is 4.90 Å². The second-order valence-corrected chi connectivity index (χ2v) is 7.10. The second kappa shape index (κ2) is 7.73. The van der Waals surface area contributed by atoms with Crippen molar-refractivity contribution in [2.75, 3.05) is 13.1 Å². The highest BCUT2D eigenvalue weighted by Crippen LogP contribution is 2.26. The van der Waals surface area contributed by atoms with Crippen LogP contribution in [0.15, 0.2) is 42.5 Å². The van der Waals surface area contributed by atoms with Gasteiger partial charge < -0.3 is 9.64 Å². The maximum absolute atomic E-state index is 12.7. The Hall–Kier alpha value is -2.62. The summed E-state index contributed by atoms with van der Waals surface area (Å²) in [6, 6.07) is 13.4. The SMILES string of the molecule is Cc1ccc(C(=O)N2CCCC(C(=O)Oc3c(C)cccc3C)C2)cc1. The zero-order valence-corrected chi connectivity index (χ0v) is 15.6. The van der Waals surface area contributed by atoms with E-state index in [2.05, 4.69) is 0 Å². The fourth-order valence-electron chi connectivity index (χ4n) is 3.38. The monoisotopic (exact) mass is 351 g/mol. The lowest BCUT2D eigenvalue weighted by atomic mass is 9.97. The molecule has 4 heteroatoms. The maximum atomic E-state index is 12.7. The van der Waals surface area contributed by atoms with Gasteiger partial charge in [-0.3, -0.25) is 9.59 Å². The van der Waals surface area contributed by atoms with Crippen LogP contribution in [-0.4, -0.2) is 29.9 Å². The van der Waals surface area contributed by atoms with E-state index in [4.69, 9.17) is 4.74 Å². The summed E-state index contributed by atoms with van der Waals surface area (Å²) < 4.78 is 5.69. The average Bonchev–Trinajstić information content (AvgIpc) is 2.65. The fourth-order valence-corrected chi connectivity index (χ4v) is 3.38. The molecule has 2 aromatic carbocycles. The van der Waals surface area contributed by atoms with Crippen LogP contribution < -0.4 is 4.74 Å². The highest BCUT2D eigenvalue weighted by Gasteiger charge is 2.30. The van der Waals surface area contributed by atoms with Gasteiger partial charge in [-0.1, -0.05) is 35.9 Å². The van der Waals surface area contributed by atoms with Crippen LogP contribution in [0.25, 0.3) is 0 Å². The van der Waals surface area contributed by atoms with Crippen molar-refractivity contribution in [2.45, 2.75) is 33.6 Å². The molecule has 0 spiro atoms. The minimum atomic E-state index is -0.280. The molecule has 26 heavy (non-hydrogen) atoms. The van der Waals surface area contributed by atoms with E-state index in [1.807, 2.05) is 63.2 Å². The van der Waals surface area contributed by atoms with Crippen molar-refractivity contribution in [2.24, 2.45) is 5.92 Å². The zero-order chi connectivity index (χ0) is 18.7. The number of rotatable bonds is 3. The van der Waals surface area contributed by atoms with Crippen molar-refractivity contribution in [1.29, 1.82) is 0 Å². The van der Waals surface area contributed by atoms with Crippen molar-refractivity contribution >= 4 is 11.9 Å². The number of para-hydroxylation sites is 1. The van der Waals surface area contributed by atoms with Crippen LogP contribution in [0.1, 0.15) is 39.9 Å². The van der Waals surface area contributed by atoms with Crippen molar-refractivity contribution in [3.8, 4) is 5.75 Å². The van der Waals surface area contributed by atoms with Crippen LogP contribution in [0.4, 0.5) is 0 Å². The minimum absolute atomic E-state index is 0.0189. The molecule has 1 aliphatic heterocycles. The Labute approximate surface area is 154 Å². The first-order valence-corrected chi connectivity index (χ1v) is 9.09. The third-order valence-corrected chi connectivity index (χ3v) is 4.95. The van der Waals surface area contributed by atoms with E-state index in [9.17, 15) is 9.59 Å². The molecule has 1 fully saturated rings. The first-order valence-electron chi connectivity index (χ1n) is 9.09. The Bertz CT molecular complexity index is 790. The first-order chi connectivity index (χ1) is 12.5.